The zero-order valence-corrected chi connectivity index (χ0v) is 23.3. The number of nitro benzene ring substituents is 1. The van der Waals surface area contributed by atoms with E-state index in [1.807, 2.05) is 33.9 Å². The van der Waals surface area contributed by atoms with E-state index in [0.29, 0.717) is 5.56 Å². The van der Waals surface area contributed by atoms with Crippen molar-refractivity contribution in [1.29, 1.82) is 0 Å². The van der Waals surface area contributed by atoms with E-state index < -0.39 is 45.9 Å². The van der Waals surface area contributed by atoms with Gasteiger partial charge in [-0.3, -0.25) is 10.1 Å². The summed E-state index contributed by atoms with van der Waals surface area (Å²) < 4.78 is 74.0. The van der Waals surface area contributed by atoms with Gasteiger partial charge in [-0.15, -0.1) is 0 Å². The first-order valence-electron chi connectivity index (χ1n) is 10.6. The van der Waals surface area contributed by atoms with Gasteiger partial charge in [0, 0.05) is 18.7 Å². The summed E-state index contributed by atoms with van der Waals surface area (Å²) in [7, 11) is -6.39. The van der Waals surface area contributed by atoms with Crippen LogP contribution in [-0.2, 0) is 20.6 Å². The Morgan fingerprint density at radius 3 is 2.00 bits per heavy atom. The molecule has 35 heavy (non-hydrogen) atoms. The highest BCUT2D eigenvalue weighted by molar-refractivity contribution is 9.09. The number of alkyl halides is 4. The summed E-state index contributed by atoms with van der Waals surface area (Å²) >= 11 is 3.47. The molecule has 7 nitrogen and oxygen atoms in total. The van der Waals surface area contributed by atoms with Gasteiger partial charge in [-0.2, -0.15) is 13.2 Å². The van der Waals surface area contributed by atoms with Crippen molar-refractivity contribution >= 4 is 40.0 Å². The molecule has 2 atom stereocenters. The second kappa shape index (κ2) is 10.7. The summed E-state index contributed by atoms with van der Waals surface area (Å²) in [4.78, 5) is 9.39. The molecule has 0 unspecified atom stereocenters. The van der Waals surface area contributed by atoms with Crippen molar-refractivity contribution in [1.82, 2.24) is 4.72 Å². The number of nitrogens with zero attached hydrogens (tertiary/aromatic N) is 1. The fourth-order valence-electron chi connectivity index (χ4n) is 2.81. The average molecular weight is 598 g/mol. The largest absolute Gasteiger partial charge is 0.416 e. The summed E-state index contributed by atoms with van der Waals surface area (Å²) in [6.45, 7) is 10.3. The third-order valence-electron chi connectivity index (χ3n) is 6.01. The van der Waals surface area contributed by atoms with E-state index >= 15 is 0 Å². The van der Waals surface area contributed by atoms with Gasteiger partial charge in [0.05, 0.1) is 26.3 Å². The molecule has 13 heteroatoms. The zero-order chi connectivity index (χ0) is 26.8. The Morgan fingerprint density at radius 2 is 1.57 bits per heavy atom. The Kier molecular flexibility index (Phi) is 8.97. The van der Waals surface area contributed by atoms with Crippen molar-refractivity contribution in [2.45, 2.75) is 60.8 Å². The van der Waals surface area contributed by atoms with Gasteiger partial charge in [-0.05, 0) is 48.0 Å². The molecule has 0 amide bonds. The fourth-order valence-corrected chi connectivity index (χ4v) is 6.10. The Morgan fingerprint density at radius 1 is 1.06 bits per heavy atom. The highest BCUT2D eigenvalue weighted by Gasteiger charge is 2.39. The Balaban J connectivity index is 2.40. The van der Waals surface area contributed by atoms with Crippen molar-refractivity contribution in [2.75, 3.05) is 6.61 Å². The minimum Gasteiger partial charge on any atom is -0.416 e. The highest BCUT2D eigenvalue weighted by atomic mass is 79.9. The molecule has 0 bridgehead atoms. The molecule has 0 saturated heterocycles. The maximum Gasteiger partial charge on any atom is 0.416 e. The van der Waals surface area contributed by atoms with Crippen LogP contribution >= 0.6 is 15.9 Å². The highest BCUT2D eigenvalue weighted by Crippen LogP contribution is 2.38. The number of sulfonamides is 1. The van der Waals surface area contributed by atoms with Gasteiger partial charge in [-0.1, -0.05) is 48.8 Å². The third-order valence-corrected chi connectivity index (χ3v) is 12.8. The van der Waals surface area contributed by atoms with E-state index in [9.17, 15) is 31.7 Å². The molecule has 0 aliphatic heterocycles. The second-order valence-corrected chi connectivity index (χ2v) is 17.3. The maximum atomic E-state index is 13.1. The SMILES string of the molecule is CC(C)(C)[Si](C)(C)OC[C@H](Br)[C@H](NS(=O)(=O)c1ccc([N+](=O)[O-])cc1)c1ccc(C(F)(F)F)cc1. The van der Waals surface area contributed by atoms with Crippen molar-refractivity contribution < 1.29 is 30.9 Å². The minimum atomic E-state index is -4.54. The third kappa shape index (κ3) is 7.59. The molecule has 0 radical (unpaired) electrons. The van der Waals surface area contributed by atoms with Crippen LogP contribution in [0.2, 0.25) is 18.1 Å². The van der Waals surface area contributed by atoms with Crippen LogP contribution < -0.4 is 4.72 Å². The molecule has 0 aromatic heterocycles. The van der Waals surface area contributed by atoms with E-state index in [1.165, 1.54) is 12.1 Å². The lowest BCUT2D eigenvalue weighted by atomic mass is 10.0. The molecule has 2 aromatic rings. The molecule has 2 aromatic carbocycles. The second-order valence-electron chi connectivity index (χ2n) is 9.56. The number of non-ortho nitro benzene ring substituents is 1. The van der Waals surface area contributed by atoms with Gasteiger partial charge < -0.3 is 4.43 Å². The van der Waals surface area contributed by atoms with E-state index in [0.717, 1.165) is 36.4 Å². The van der Waals surface area contributed by atoms with Gasteiger partial charge >= 0.3 is 6.18 Å². The summed E-state index contributed by atoms with van der Waals surface area (Å²) in [5, 5.41) is 10.8. The van der Waals surface area contributed by atoms with Gasteiger partial charge in [0.2, 0.25) is 10.0 Å². The minimum absolute atomic E-state index is 0.102. The quantitative estimate of drug-likeness (QED) is 0.156. The smallest absolute Gasteiger partial charge is 0.416 e. The normalized spacial score (nSPS) is 15.0. The van der Waals surface area contributed by atoms with E-state index in [1.54, 1.807) is 0 Å². The molecule has 0 aliphatic rings. The van der Waals surface area contributed by atoms with Gasteiger partial charge in [0.15, 0.2) is 8.32 Å². The summed E-state index contributed by atoms with van der Waals surface area (Å²) in [6, 6.07) is 7.54. The summed E-state index contributed by atoms with van der Waals surface area (Å²) in [5.41, 5.74) is -0.838. The lowest BCUT2D eigenvalue weighted by Gasteiger charge is -2.37. The Labute approximate surface area is 212 Å². The standard InChI is InChI=1S/C22H28BrF3N2O5SSi/c1-21(2,3)35(4,5)33-14-19(23)20(15-6-8-16(9-7-15)22(24,25)26)27-34(31,32)18-12-10-17(11-13-18)28(29)30/h6-13,19-20,27H,14H2,1-5H3/t19-,20+/m0/s1. The van der Waals surface area contributed by atoms with E-state index in [-0.39, 0.29) is 22.2 Å². The van der Waals surface area contributed by atoms with Crippen LogP contribution in [0.5, 0.6) is 0 Å². The molecule has 0 heterocycles. The predicted molar refractivity (Wildman–Crippen MR) is 133 cm³/mol. The number of rotatable bonds is 9. The number of benzene rings is 2. The van der Waals surface area contributed by atoms with Crippen molar-refractivity contribution in [3.63, 3.8) is 0 Å². The van der Waals surface area contributed by atoms with Gasteiger partial charge in [-0.25, -0.2) is 13.1 Å². The monoisotopic (exact) mass is 596 g/mol. The molecular weight excluding hydrogens is 569 g/mol. The van der Waals surface area contributed by atoms with Crippen LogP contribution in [0.15, 0.2) is 53.4 Å². The first-order valence-corrected chi connectivity index (χ1v) is 15.9. The molecular formula is C22H28BrF3N2O5SSi. The zero-order valence-electron chi connectivity index (χ0n) is 19.9. The number of hydrogen-bond acceptors (Lipinski definition) is 5. The van der Waals surface area contributed by atoms with Crippen LogP contribution in [-0.4, -0.2) is 33.1 Å². The number of hydrogen-bond donors (Lipinski definition) is 1. The number of nitro groups is 1. The average Bonchev–Trinajstić information content (AvgIpc) is 2.74. The first kappa shape index (κ1) is 29.4. The van der Waals surface area contributed by atoms with Crippen LogP contribution in [0.1, 0.15) is 37.9 Å². The topological polar surface area (TPSA) is 98.5 Å². The Bertz CT molecular complexity index is 1140. The van der Waals surface area contributed by atoms with E-state index in [4.69, 9.17) is 4.43 Å². The van der Waals surface area contributed by atoms with Gasteiger partial charge in [0.25, 0.3) is 5.69 Å². The fraction of sp³-hybridized carbons (Fsp3) is 0.455. The van der Waals surface area contributed by atoms with Crippen LogP contribution in [0.4, 0.5) is 18.9 Å². The lowest BCUT2D eigenvalue weighted by Crippen LogP contribution is -2.44. The van der Waals surface area contributed by atoms with Crippen LogP contribution in [0.3, 0.4) is 0 Å². The predicted octanol–water partition coefficient (Wildman–Crippen LogP) is 6.42. The lowest BCUT2D eigenvalue weighted by molar-refractivity contribution is -0.384. The van der Waals surface area contributed by atoms with Crippen LogP contribution in [0, 0.1) is 10.1 Å². The van der Waals surface area contributed by atoms with Crippen molar-refractivity contribution in [2.24, 2.45) is 0 Å². The molecule has 2 rings (SSSR count). The molecule has 194 valence electrons. The number of halogens is 4. The molecule has 0 fully saturated rings. The molecule has 0 aliphatic carbocycles. The summed E-state index contributed by atoms with van der Waals surface area (Å²) in [6.07, 6.45) is -4.54. The van der Waals surface area contributed by atoms with Crippen LogP contribution in [0.25, 0.3) is 0 Å². The molecule has 1 N–H and O–H groups in total. The maximum absolute atomic E-state index is 13.1. The molecule has 0 spiro atoms. The van der Waals surface area contributed by atoms with Crippen molar-refractivity contribution in [3.8, 4) is 0 Å². The van der Waals surface area contributed by atoms with Crippen molar-refractivity contribution in [3.05, 3.63) is 69.8 Å². The summed E-state index contributed by atoms with van der Waals surface area (Å²) in [5.74, 6) is 0. The molecule has 0 saturated carbocycles. The van der Waals surface area contributed by atoms with E-state index in [2.05, 4.69) is 20.7 Å². The van der Waals surface area contributed by atoms with Gasteiger partial charge in [0.1, 0.15) is 0 Å². The first-order chi connectivity index (χ1) is 15.8. The Hall–Kier alpha value is -1.80. The number of nitrogens with one attached hydrogen (secondary N) is 1.